The Bertz CT molecular complexity index is 538. The van der Waals surface area contributed by atoms with E-state index in [4.69, 9.17) is 0 Å². The van der Waals surface area contributed by atoms with Gasteiger partial charge in [-0.3, -0.25) is 9.59 Å². The summed E-state index contributed by atoms with van der Waals surface area (Å²) < 4.78 is 12.9. The highest BCUT2D eigenvalue weighted by atomic mass is 19.1. The summed E-state index contributed by atoms with van der Waals surface area (Å²) in [5.41, 5.74) is 0.881. The maximum Gasteiger partial charge on any atom is 0.227 e. The van der Waals surface area contributed by atoms with Gasteiger partial charge < -0.3 is 9.80 Å². The maximum absolute atomic E-state index is 12.9. The predicted molar refractivity (Wildman–Crippen MR) is 87.1 cm³/mol. The average Bonchev–Trinajstić information content (AvgIpc) is 2.89. The third kappa shape index (κ3) is 4.53. The first-order chi connectivity index (χ1) is 11.0. The van der Waals surface area contributed by atoms with E-state index in [0.29, 0.717) is 13.1 Å². The molecule has 0 aromatic heterocycles. The fraction of sp³-hybridized carbons (Fsp3) is 0.556. The molecule has 0 aliphatic carbocycles. The summed E-state index contributed by atoms with van der Waals surface area (Å²) in [6.07, 6.45) is 2.13. The molecule has 5 heteroatoms. The second-order valence-electron chi connectivity index (χ2n) is 6.13. The number of carbonyl (C=O) groups excluding carboxylic acids is 2. The molecule has 1 aliphatic heterocycles. The normalized spacial score (nSPS) is 17.6. The van der Waals surface area contributed by atoms with E-state index >= 15 is 0 Å². The number of rotatable bonds is 7. The Morgan fingerprint density at radius 2 is 1.83 bits per heavy atom. The SMILES string of the molecule is CCCN(CCC)C(=O)[C@H]1CC(=O)N(Cc2ccc(F)cc2)C1. The zero-order valence-corrected chi connectivity index (χ0v) is 13.9. The summed E-state index contributed by atoms with van der Waals surface area (Å²) in [5.74, 6) is -0.449. The van der Waals surface area contributed by atoms with Crippen LogP contribution < -0.4 is 0 Å². The molecule has 0 saturated carbocycles. The molecule has 4 nitrogen and oxygen atoms in total. The van der Waals surface area contributed by atoms with E-state index in [-0.39, 0.29) is 30.0 Å². The average molecular weight is 320 g/mol. The molecule has 0 bridgehead atoms. The summed E-state index contributed by atoms with van der Waals surface area (Å²) in [6, 6.07) is 6.14. The van der Waals surface area contributed by atoms with Crippen LogP contribution in [0.4, 0.5) is 4.39 Å². The van der Waals surface area contributed by atoms with E-state index in [0.717, 1.165) is 31.5 Å². The smallest absolute Gasteiger partial charge is 0.227 e. The summed E-state index contributed by atoms with van der Waals surface area (Å²) in [5, 5.41) is 0. The van der Waals surface area contributed by atoms with Crippen LogP contribution in [0.5, 0.6) is 0 Å². The molecule has 0 radical (unpaired) electrons. The second kappa shape index (κ2) is 8.09. The number of nitrogens with zero attached hydrogens (tertiary/aromatic N) is 2. The molecular formula is C18H25FN2O2. The number of hydrogen-bond acceptors (Lipinski definition) is 2. The third-order valence-corrected chi connectivity index (χ3v) is 4.15. The van der Waals surface area contributed by atoms with Crippen molar-refractivity contribution < 1.29 is 14.0 Å². The summed E-state index contributed by atoms with van der Waals surface area (Å²) >= 11 is 0. The number of carbonyl (C=O) groups is 2. The fourth-order valence-electron chi connectivity index (χ4n) is 3.03. The van der Waals surface area contributed by atoms with Crippen LogP contribution in [-0.4, -0.2) is 41.2 Å². The third-order valence-electron chi connectivity index (χ3n) is 4.15. The van der Waals surface area contributed by atoms with Gasteiger partial charge >= 0.3 is 0 Å². The highest BCUT2D eigenvalue weighted by molar-refractivity contribution is 5.89. The van der Waals surface area contributed by atoms with Crippen molar-refractivity contribution in [3.05, 3.63) is 35.6 Å². The zero-order chi connectivity index (χ0) is 16.8. The highest BCUT2D eigenvalue weighted by Crippen LogP contribution is 2.22. The molecule has 0 spiro atoms. The van der Waals surface area contributed by atoms with Gasteiger partial charge in [-0.05, 0) is 30.5 Å². The highest BCUT2D eigenvalue weighted by Gasteiger charge is 2.36. The zero-order valence-electron chi connectivity index (χ0n) is 13.9. The first kappa shape index (κ1) is 17.4. The number of halogens is 1. The van der Waals surface area contributed by atoms with Crippen LogP contribution >= 0.6 is 0 Å². The molecule has 1 aromatic rings. The van der Waals surface area contributed by atoms with Gasteiger partial charge in [0.05, 0.1) is 5.92 Å². The first-order valence-electron chi connectivity index (χ1n) is 8.36. The van der Waals surface area contributed by atoms with E-state index in [9.17, 15) is 14.0 Å². The van der Waals surface area contributed by atoms with Gasteiger partial charge in [-0.2, -0.15) is 0 Å². The lowest BCUT2D eigenvalue weighted by molar-refractivity contribution is -0.136. The lowest BCUT2D eigenvalue weighted by atomic mass is 10.1. The number of benzene rings is 1. The lowest BCUT2D eigenvalue weighted by Gasteiger charge is -2.24. The Labute approximate surface area is 137 Å². The minimum Gasteiger partial charge on any atom is -0.342 e. The Morgan fingerprint density at radius 1 is 1.22 bits per heavy atom. The molecule has 0 N–H and O–H groups in total. The van der Waals surface area contributed by atoms with Crippen molar-refractivity contribution in [3.8, 4) is 0 Å². The van der Waals surface area contributed by atoms with Crippen LogP contribution in [0.1, 0.15) is 38.7 Å². The van der Waals surface area contributed by atoms with Crippen LogP contribution in [-0.2, 0) is 16.1 Å². The van der Waals surface area contributed by atoms with E-state index in [1.807, 2.05) is 4.90 Å². The molecule has 1 aliphatic rings. The fourth-order valence-corrected chi connectivity index (χ4v) is 3.03. The maximum atomic E-state index is 12.9. The molecule has 1 aromatic carbocycles. The van der Waals surface area contributed by atoms with Gasteiger partial charge in [0.15, 0.2) is 0 Å². The molecule has 23 heavy (non-hydrogen) atoms. The molecule has 2 amide bonds. The molecule has 0 unspecified atom stereocenters. The van der Waals surface area contributed by atoms with Crippen molar-refractivity contribution >= 4 is 11.8 Å². The van der Waals surface area contributed by atoms with Crippen molar-refractivity contribution in [2.45, 2.75) is 39.7 Å². The van der Waals surface area contributed by atoms with E-state index in [1.54, 1.807) is 17.0 Å². The van der Waals surface area contributed by atoms with Crippen molar-refractivity contribution in [2.75, 3.05) is 19.6 Å². The largest absolute Gasteiger partial charge is 0.342 e. The van der Waals surface area contributed by atoms with E-state index in [2.05, 4.69) is 13.8 Å². The summed E-state index contributed by atoms with van der Waals surface area (Å²) in [4.78, 5) is 28.4. The standard InChI is InChI=1S/C18H25FN2O2/c1-3-9-20(10-4-2)18(23)15-11-17(22)21(13-15)12-14-5-7-16(19)8-6-14/h5-8,15H,3-4,9-13H2,1-2H3/t15-/m0/s1. The number of likely N-dealkylation sites (tertiary alicyclic amines) is 1. The van der Waals surface area contributed by atoms with Gasteiger partial charge in [0.1, 0.15) is 5.82 Å². The molecule has 2 rings (SSSR count). The van der Waals surface area contributed by atoms with Crippen molar-refractivity contribution in [2.24, 2.45) is 5.92 Å². The van der Waals surface area contributed by atoms with Crippen molar-refractivity contribution in [1.29, 1.82) is 0 Å². The molecule has 1 atom stereocenters. The topological polar surface area (TPSA) is 40.6 Å². The minimum atomic E-state index is -0.288. The van der Waals surface area contributed by atoms with Gasteiger partial charge in [-0.1, -0.05) is 26.0 Å². The molecular weight excluding hydrogens is 295 g/mol. The number of amides is 2. The van der Waals surface area contributed by atoms with Crippen LogP contribution in [0, 0.1) is 11.7 Å². The molecule has 1 heterocycles. The van der Waals surface area contributed by atoms with Gasteiger partial charge in [0, 0.05) is 32.6 Å². The van der Waals surface area contributed by atoms with Gasteiger partial charge in [-0.25, -0.2) is 4.39 Å². The Kier molecular flexibility index (Phi) is 6.13. The monoisotopic (exact) mass is 320 g/mol. The van der Waals surface area contributed by atoms with Gasteiger partial charge in [0.2, 0.25) is 11.8 Å². The first-order valence-corrected chi connectivity index (χ1v) is 8.36. The predicted octanol–water partition coefficient (Wildman–Crippen LogP) is 2.82. The molecule has 1 fully saturated rings. The Balaban J connectivity index is 1.98. The Hall–Kier alpha value is -1.91. The van der Waals surface area contributed by atoms with Crippen LogP contribution in [0.2, 0.25) is 0 Å². The van der Waals surface area contributed by atoms with Crippen LogP contribution in [0.25, 0.3) is 0 Å². The molecule has 126 valence electrons. The quantitative estimate of drug-likeness (QED) is 0.775. The van der Waals surface area contributed by atoms with Crippen LogP contribution in [0.3, 0.4) is 0 Å². The summed E-state index contributed by atoms with van der Waals surface area (Å²) in [7, 11) is 0. The van der Waals surface area contributed by atoms with E-state index in [1.165, 1.54) is 12.1 Å². The number of hydrogen-bond donors (Lipinski definition) is 0. The second-order valence-corrected chi connectivity index (χ2v) is 6.13. The van der Waals surface area contributed by atoms with Crippen LogP contribution in [0.15, 0.2) is 24.3 Å². The Morgan fingerprint density at radius 3 is 2.39 bits per heavy atom. The van der Waals surface area contributed by atoms with Crippen molar-refractivity contribution in [3.63, 3.8) is 0 Å². The van der Waals surface area contributed by atoms with Gasteiger partial charge in [0.25, 0.3) is 0 Å². The van der Waals surface area contributed by atoms with E-state index < -0.39 is 0 Å². The minimum absolute atomic E-state index is 0.000576. The molecule has 1 saturated heterocycles. The lowest BCUT2D eigenvalue weighted by Crippen LogP contribution is -2.38. The van der Waals surface area contributed by atoms with Crippen molar-refractivity contribution in [1.82, 2.24) is 9.80 Å². The summed E-state index contributed by atoms with van der Waals surface area (Å²) in [6.45, 7) is 6.49. The van der Waals surface area contributed by atoms with Gasteiger partial charge in [-0.15, -0.1) is 0 Å².